The molecule has 21 heavy (non-hydrogen) atoms. The van der Waals surface area contributed by atoms with Gasteiger partial charge in [0.25, 0.3) is 0 Å². The van der Waals surface area contributed by atoms with Gasteiger partial charge in [0, 0.05) is 28.7 Å². The van der Waals surface area contributed by atoms with Crippen LogP contribution in [0.1, 0.15) is 24.1 Å². The molecule has 0 amide bonds. The van der Waals surface area contributed by atoms with Gasteiger partial charge in [0.1, 0.15) is 0 Å². The van der Waals surface area contributed by atoms with E-state index in [0.717, 1.165) is 16.6 Å². The Labute approximate surface area is 136 Å². The van der Waals surface area contributed by atoms with Crippen molar-refractivity contribution >= 4 is 23.2 Å². The van der Waals surface area contributed by atoms with E-state index >= 15 is 0 Å². The molecular formula is C17H20Cl2N2. The third kappa shape index (κ3) is 4.45. The van der Waals surface area contributed by atoms with Crippen LogP contribution < -0.4 is 5.73 Å². The summed E-state index contributed by atoms with van der Waals surface area (Å²) in [6, 6.07) is 15.9. The van der Waals surface area contributed by atoms with E-state index in [0.29, 0.717) is 0 Å². The second kappa shape index (κ2) is 7.28. The van der Waals surface area contributed by atoms with Crippen molar-refractivity contribution in [2.75, 3.05) is 7.05 Å². The van der Waals surface area contributed by atoms with Gasteiger partial charge < -0.3 is 5.73 Å². The summed E-state index contributed by atoms with van der Waals surface area (Å²) < 4.78 is 0. The number of nitrogens with two attached hydrogens (primary N) is 1. The molecule has 0 aliphatic rings. The Morgan fingerprint density at radius 2 is 1.43 bits per heavy atom. The molecule has 2 unspecified atom stereocenters. The summed E-state index contributed by atoms with van der Waals surface area (Å²) in [5, 5.41) is 1.49. The first kappa shape index (κ1) is 16.3. The molecule has 4 heteroatoms. The molecule has 0 aliphatic carbocycles. The molecule has 0 aliphatic heterocycles. The third-order valence-corrected chi connectivity index (χ3v) is 4.03. The highest BCUT2D eigenvalue weighted by Gasteiger charge is 2.21. The number of hydrogen-bond acceptors (Lipinski definition) is 2. The summed E-state index contributed by atoms with van der Waals surface area (Å²) >= 11 is 11.9. The van der Waals surface area contributed by atoms with Gasteiger partial charge in [-0.25, -0.2) is 0 Å². The Hall–Kier alpha value is -1.06. The maximum absolute atomic E-state index is 6.19. The van der Waals surface area contributed by atoms with Crippen LogP contribution in [0.2, 0.25) is 10.0 Å². The Bertz CT molecular complexity index is 564. The average molecular weight is 323 g/mol. The van der Waals surface area contributed by atoms with Gasteiger partial charge in [-0.3, -0.25) is 4.90 Å². The fraction of sp³-hybridized carbons (Fsp3) is 0.294. The highest BCUT2D eigenvalue weighted by atomic mass is 35.5. The number of rotatable bonds is 5. The molecule has 0 saturated carbocycles. The highest BCUT2D eigenvalue weighted by Crippen LogP contribution is 2.25. The molecule has 0 aromatic heterocycles. The summed E-state index contributed by atoms with van der Waals surface area (Å²) in [6.45, 7) is 2.84. The van der Waals surface area contributed by atoms with Crippen molar-refractivity contribution in [2.24, 2.45) is 5.73 Å². The molecule has 0 radical (unpaired) electrons. The summed E-state index contributed by atoms with van der Waals surface area (Å²) in [5.74, 6) is 0. The number of nitrogens with zero attached hydrogens (tertiary/aromatic N) is 1. The molecule has 0 heterocycles. The van der Waals surface area contributed by atoms with Crippen molar-refractivity contribution in [1.29, 1.82) is 0 Å². The van der Waals surface area contributed by atoms with E-state index in [1.54, 1.807) is 0 Å². The SMILES string of the molecule is CC(N)C(c1ccc(Cl)cc1)N(C)Cc1ccc(Cl)cc1. The quantitative estimate of drug-likeness (QED) is 0.877. The van der Waals surface area contributed by atoms with E-state index in [4.69, 9.17) is 28.9 Å². The fourth-order valence-corrected chi connectivity index (χ4v) is 2.85. The largest absolute Gasteiger partial charge is 0.326 e. The van der Waals surface area contributed by atoms with Crippen molar-refractivity contribution in [3.8, 4) is 0 Å². The summed E-state index contributed by atoms with van der Waals surface area (Å²) in [7, 11) is 2.08. The summed E-state index contributed by atoms with van der Waals surface area (Å²) in [6.07, 6.45) is 0. The minimum atomic E-state index is 0.0171. The smallest absolute Gasteiger partial charge is 0.0496 e. The van der Waals surface area contributed by atoms with E-state index in [-0.39, 0.29) is 12.1 Å². The first-order chi connectivity index (χ1) is 9.97. The topological polar surface area (TPSA) is 29.3 Å². The van der Waals surface area contributed by atoms with Gasteiger partial charge >= 0.3 is 0 Å². The van der Waals surface area contributed by atoms with Crippen LogP contribution in [-0.2, 0) is 6.54 Å². The van der Waals surface area contributed by atoms with Crippen LogP contribution in [0.25, 0.3) is 0 Å². The van der Waals surface area contributed by atoms with Crippen LogP contribution >= 0.6 is 23.2 Å². The van der Waals surface area contributed by atoms with Gasteiger partial charge in [-0.1, -0.05) is 47.5 Å². The monoisotopic (exact) mass is 322 g/mol. The number of hydrogen-bond donors (Lipinski definition) is 1. The molecule has 0 spiro atoms. The van der Waals surface area contributed by atoms with E-state index in [2.05, 4.69) is 11.9 Å². The predicted octanol–water partition coefficient (Wildman–Crippen LogP) is 4.51. The number of halogens is 2. The summed E-state index contributed by atoms with van der Waals surface area (Å²) in [5.41, 5.74) is 8.57. The van der Waals surface area contributed by atoms with Gasteiger partial charge in [0.15, 0.2) is 0 Å². The second-order valence-corrected chi connectivity index (χ2v) is 6.27. The van der Waals surface area contributed by atoms with Crippen LogP contribution in [0.4, 0.5) is 0 Å². The van der Waals surface area contributed by atoms with Crippen molar-refractivity contribution in [1.82, 2.24) is 4.90 Å². The minimum Gasteiger partial charge on any atom is -0.326 e. The first-order valence-electron chi connectivity index (χ1n) is 6.93. The first-order valence-corrected chi connectivity index (χ1v) is 7.68. The molecule has 2 aromatic rings. The van der Waals surface area contributed by atoms with E-state index < -0.39 is 0 Å². The Morgan fingerprint density at radius 3 is 1.90 bits per heavy atom. The lowest BCUT2D eigenvalue weighted by molar-refractivity contribution is 0.211. The normalized spacial score (nSPS) is 14.2. The van der Waals surface area contributed by atoms with Crippen molar-refractivity contribution < 1.29 is 0 Å². The molecule has 2 aromatic carbocycles. The van der Waals surface area contributed by atoms with Crippen LogP contribution in [0.3, 0.4) is 0 Å². The third-order valence-electron chi connectivity index (χ3n) is 3.53. The van der Waals surface area contributed by atoms with Crippen molar-refractivity contribution in [3.05, 3.63) is 69.7 Å². The standard InChI is InChI=1S/C17H20Cl2N2/c1-12(20)17(14-5-9-16(19)10-6-14)21(2)11-13-3-7-15(18)8-4-13/h3-10,12,17H,11,20H2,1-2H3. The molecule has 0 saturated heterocycles. The van der Waals surface area contributed by atoms with Crippen LogP contribution in [-0.4, -0.2) is 18.0 Å². The van der Waals surface area contributed by atoms with E-state index in [1.807, 2.05) is 55.5 Å². The Kier molecular flexibility index (Phi) is 5.65. The minimum absolute atomic E-state index is 0.0171. The number of benzene rings is 2. The van der Waals surface area contributed by atoms with Crippen LogP contribution in [0, 0.1) is 0 Å². The van der Waals surface area contributed by atoms with E-state index in [9.17, 15) is 0 Å². The lowest BCUT2D eigenvalue weighted by atomic mass is 9.99. The molecule has 2 nitrogen and oxygen atoms in total. The zero-order chi connectivity index (χ0) is 15.4. The van der Waals surface area contributed by atoms with Gasteiger partial charge in [0.2, 0.25) is 0 Å². The highest BCUT2D eigenvalue weighted by molar-refractivity contribution is 6.30. The zero-order valence-corrected chi connectivity index (χ0v) is 13.8. The van der Waals surface area contributed by atoms with Crippen LogP contribution in [0.5, 0.6) is 0 Å². The Balaban J connectivity index is 2.17. The summed E-state index contributed by atoms with van der Waals surface area (Å²) in [4.78, 5) is 2.25. The molecule has 2 rings (SSSR count). The molecule has 0 bridgehead atoms. The van der Waals surface area contributed by atoms with Crippen molar-refractivity contribution in [3.63, 3.8) is 0 Å². The maximum Gasteiger partial charge on any atom is 0.0496 e. The molecule has 2 N–H and O–H groups in total. The molecule has 0 fully saturated rings. The van der Waals surface area contributed by atoms with E-state index in [1.165, 1.54) is 11.1 Å². The lowest BCUT2D eigenvalue weighted by Gasteiger charge is -2.31. The average Bonchev–Trinajstić information content (AvgIpc) is 2.43. The molecule has 112 valence electrons. The van der Waals surface area contributed by atoms with Crippen molar-refractivity contribution in [2.45, 2.75) is 25.6 Å². The van der Waals surface area contributed by atoms with Gasteiger partial charge in [0.05, 0.1) is 0 Å². The van der Waals surface area contributed by atoms with Gasteiger partial charge in [-0.05, 0) is 49.4 Å². The zero-order valence-electron chi connectivity index (χ0n) is 12.3. The molecule has 2 atom stereocenters. The second-order valence-electron chi connectivity index (χ2n) is 5.40. The Morgan fingerprint density at radius 1 is 0.952 bits per heavy atom. The predicted molar refractivity (Wildman–Crippen MR) is 90.8 cm³/mol. The van der Waals surface area contributed by atoms with Crippen LogP contribution in [0.15, 0.2) is 48.5 Å². The number of likely N-dealkylation sites (N-methyl/N-ethyl adjacent to an activating group) is 1. The van der Waals surface area contributed by atoms with Gasteiger partial charge in [-0.2, -0.15) is 0 Å². The lowest BCUT2D eigenvalue weighted by Crippen LogP contribution is -2.36. The fourth-order valence-electron chi connectivity index (χ4n) is 2.60. The molecular weight excluding hydrogens is 303 g/mol. The van der Waals surface area contributed by atoms with Gasteiger partial charge in [-0.15, -0.1) is 0 Å². The maximum atomic E-state index is 6.19.